The van der Waals surface area contributed by atoms with E-state index in [1.54, 1.807) is 12.1 Å². The van der Waals surface area contributed by atoms with E-state index >= 15 is 0 Å². The van der Waals surface area contributed by atoms with E-state index in [1.807, 2.05) is 7.05 Å². The Kier molecular flexibility index (Phi) is 5.18. The zero-order chi connectivity index (χ0) is 12.8. The quantitative estimate of drug-likeness (QED) is 0.825. The standard InChI is InChI=1S/C11H17ClN4O/c1-3-16(2)7-6-14-11(17)10-8(12)4-5-9(13)15-10/h4-5H,3,6-7H2,1-2H3,(H2,13,15)(H,14,17). The van der Waals surface area contributed by atoms with Crippen LogP contribution in [-0.2, 0) is 0 Å². The van der Waals surface area contributed by atoms with Crippen molar-refractivity contribution >= 4 is 23.3 Å². The summed E-state index contributed by atoms with van der Waals surface area (Å²) >= 11 is 5.87. The van der Waals surface area contributed by atoms with Gasteiger partial charge in [-0.1, -0.05) is 18.5 Å². The number of carbonyl (C=O) groups is 1. The molecule has 5 nitrogen and oxygen atoms in total. The van der Waals surface area contributed by atoms with Crippen LogP contribution in [0, 0.1) is 0 Å². The summed E-state index contributed by atoms with van der Waals surface area (Å²) < 4.78 is 0. The normalized spacial score (nSPS) is 10.6. The Morgan fingerprint density at radius 1 is 1.59 bits per heavy atom. The van der Waals surface area contributed by atoms with Gasteiger partial charge in [0.05, 0.1) is 5.02 Å². The predicted molar refractivity (Wildman–Crippen MR) is 69.2 cm³/mol. The van der Waals surface area contributed by atoms with Crippen molar-refractivity contribution in [2.45, 2.75) is 6.92 Å². The van der Waals surface area contributed by atoms with Gasteiger partial charge in [0.1, 0.15) is 11.5 Å². The molecule has 0 fully saturated rings. The number of carbonyl (C=O) groups excluding carboxylic acids is 1. The number of rotatable bonds is 5. The number of aromatic nitrogens is 1. The van der Waals surface area contributed by atoms with Gasteiger partial charge in [-0.2, -0.15) is 0 Å². The summed E-state index contributed by atoms with van der Waals surface area (Å²) in [6.45, 7) is 4.32. The molecule has 0 aromatic carbocycles. The van der Waals surface area contributed by atoms with Crippen LogP contribution in [0.15, 0.2) is 12.1 Å². The number of nitrogens with one attached hydrogen (secondary N) is 1. The van der Waals surface area contributed by atoms with Crippen LogP contribution in [0.25, 0.3) is 0 Å². The largest absolute Gasteiger partial charge is 0.384 e. The molecule has 0 aliphatic rings. The van der Waals surface area contributed by atoms with Crippen LogP contribution in [0.3, 0.4) is 0 Å². The number of hydrogen-bond donors (Lipinski definition) is 2. The molecule has 3 N–H and O–H groups in total. The lowest BCUT2D eigenvalue weighted by Gasteiger charge is -2.14. The van der Waals surface area contributed by atoms with Crippen molar-refractivity contribution in [3.8, 4) is 0 Å². The molecule has 0 saturated heterocycles. The Labute approximate surface area is 106 Å². The van der Waals surface area contributed by atoms with Crippen LogP contribution in [0.2, 0.25) is 5.02 Å². The zero-order valence-electron chi connectivity index (χ0n) is 10.0. The molecule has 0 atom stereocenters. The summed E-state index contributed by atoms with van der Waals surface area (Å²) in [5.41, 5.74) is 5.68. The maximum absolute atomic E-state index is 11.8. The minimum atomic E-state index is -0.299. The van der Waals surface area contributed by atoms with E-state index in [0.29, 0.717) is 11.6 Å². The molecule has 0 radical (unpaired) electrons. The molecule has 0 unspecified atom stereocenters. The number of hydrogen-bond acceptors (Lipinski definition) is 4. The first-order valence-corrected chi connectivity index (χ1v) is 5.81. The monoisotopic (exact) mass is 256 g/mol. The van der Waals surface area contributed by atoms with Crippen molar-refractivity contribution in [3.63, 3.8) is 0 Å². The lowest BCUT2D eigenvalue weighted by Crippen LogP contribution is -2.33. The average Bonchev–Trinajstić information content (AvgIpc) is 2.31. The first kappa shape index (κ1) is 13.7. The van der Waals surface area contributed by atoms with Crippen LogP contribution in [0.5, 0.6) is 0 Å². The minimum absolute atomic E-state index is 0.172. The van der Waals surface area contributed by atoms with E-state index in [4.69, 9.17) is 17.3 Å². The molecule has 1 aromatic heterocycles. The lowest BCUT2D eigenvalue weighted by atomic mass is 10.3. The van der Waals surface area contributed by atoms with E-state index in [1.165, 1.54) is 0 Å². The molecule has 6 heteroatoms. The molecule has 0 aliphatic heterocycles. The van der Waals surface area contributed by atoms with Crippen LogP contribution in [0.1, 0.15) is 17.4 Å². The zero-order valence-corrected chi connectivity index (χ0v) is 10.8. The highest BCUT2D eigenvalue weighted by molar-refractivity contribution is 6.33. The summed E-state index contributed by atoms with van der Waals surface area (Å²) in [7, 11) is 1.98. The van der Waals surface area contributed by atoms with E-state index in [2.05, 4.69) is 22.1 Å². The average molecular weight is 257 g/mol. The highest BCUT2D eigenvalue weighted by Gasteiger charge is 2.12. The smallest absolute Gasteiger partial charge is 0.271 e. The van der Waals surface area contributed by atoms with Gasteiger partial charge in [-0.05, 0) is 25.7 Å². The van der Waals surface area contributed by atoms with Crippen molar-refractivity contribution in [2.24, 2.45) is 0 Å². The van der Waals surface area contributed by atoms with Crippen molar-refractivity contribution < 1.29 is 4.79 Å². The third-order valence-electron chi connectivity index (χ3n) is 2.40. The van der Waals surface area contributed by atoms with E-state index in [-0.39, 0.29) is 17.4 Å². The van der Waals surface area contributed by atoms with Gasteiger partial charge in [0.15, 0.2) is 0 Å². The van der Waals surface area contributed by atoms with Gasteiger partial charge in [-0.15, -0.1) is 0 Å². The number of anilines is 1. The van der Waals surface area contributed by atoms with Crippen LogP contribution >= 0.6 is 11.6 Å². The maximum atomic E-state index is 11.8. The van der Waals surface area contributed by atoms with Crippen LogP contribution in [0.4, 0.5) is 5.82 Å². The molecule has 1 amide bonds. The molecule has 94 valence electrons. The Hall–Kier alpha value is -1.33. The number of likely N-dealkylation sites (N-methyl/N-ethyl adjacent to an activating group) is 1. The summed E-state index contributed by atoms with van der Waals surface area (Å²) in [5, 5.41) is 3.06. The molecule has 1 aromatic rings. The van der Waals surface area contributed by atoms with Gasteiger partial charge in [-0.3, -0.25) is 4.79 Å². The molecule has 1 heterocycles. The SMILES string of the molecule is CCN(C)CCNC(=O)c1nc(N)ccc1Cl. The number of nitrogen functional groups attached to an aromatic ring is 1. The van der Waals surface area contributed by atoms with Crippen molar-refractivity contribution in [1.29, 1.82) is 0 Å². The summed E-state index contributed by atoms with van der Waals surface area (Å²) in [6.07, 6.45) is 0. The molecule has 0 aliphatic carbocycles. The Bertz CT molecular complexity index is 397. The van der Waals surface area contributed by atoms with Crippen molar-refractivity contribution in [1.82, 2.24) is 15.2 Å². The molecule has 17 heavy (non-hydrogen) atoms. The van der Waals surface area contributed by atoms with Crippen LogP contribution in [-0.4, -0.2) is 42.5 Å². The topological polar surface area (TPSA) is 71.2 Å². The third-order valence-corrected chi connectivity index (χ3v) is 2.71. The molecule has 1 rings (SSSR count). The fourth-order valence-electron chi connectivity index (χ4n) is 1.22. The highest BCUT2D eigenvalue weighted by Crippen LogP contribution is 2.14. The second-order valence-corrected chi connectivity index (χ2v) is 4.13. The Morgan fingerprint density at radius 2 is 2.29 bits per heavy atom. The number of halogens is 1. The second kappa shape index (κ2) is 6.42. The number of nitrogens with zero attached hydrogens (tertiary/aromatic N) is 2. The number of amides is 1. The van der Waals surface area contributed by atoms with Crippen molar-refractivity contribution in [2.75, 3.05) is 32.4 Å². The lowest BCUT2D eigenvalue weighted by molar-refractivity contribution is 0.0945. The first-order chi connectivity index (χ1) is 8.04. The van der Waals surface area contributed by atoms with Gasteiger partial charge < -0.3 is 16.0 Å². The molecular formula is C11H17ClN4O. The van der Waals surface area contributed by atoms with Gasteiger partial charge in [-0.25, -0.2) is 4.98 Å². The Morgan fingerprint density at radius 3 is 2.94 bits per heavy atom. The Balaban J connectivity index is 2.55. The van der Waals surface area contributed by atoms with Gasteiger partial charge in [0, 0.05) is 13.1 Å². The van der Waals surface area contributed by atoms with E-state index < -0.39 is 0 Å². The first-order valence-electron chi connectivity index (χ1n) is 5.43. The fraction of sp³-hybridized carbons (Fsp3) is 0.455. The van der Waals surface area contributed by atoms with Gasteiger partial charge >= 0.3 is 0 Å². The minimum Gasteiger partial charge on any atom is -0.384 e. The molecule has 0 bridgehead atoms. The summed E-state index contributed by atoms with van der Waals surface area (Å²) in [4.78, 5) is 17.8. The van der Waals surface area contributed by atoms with Crippen LogP contribution < -0.4 is 11.1 Å². The summed E-state index contributed by atoms with van der Waals surface area (Å²) in [5.74, 6) is -0.0166. The highest BCUT2D eigenvalue weighted by atomic mass is 35.5. The van der Waals surface area contributed by atoms with E-state index in [0.717, 1.165) is 13.1 Å². The maximum Gasteiger partial charge on any atom is 0.271 e. The van der Waals surface area contributed by atoms with Crippen molar-refractivity contribution in [3.05, 3.63) is 22.8 Å². The third kappa shape index (κ3) is 4.20. The molecular weight excluding hydrogens is 240 g/mol. The fourth-order valence-corrected chi connectivity index (χ4v) is 1.41. The summed E-state index contributed by atoms with van der Waals surface area (Å²) in [6, 6.07) is 3.13. The van der Waals surface area contributed by atoms with E-state index in [9.17, 15) is 4.79 Å². The molecule has 0 saturated carbocycles. The predicted octanol–water partition coefficient (Wildman–Crippen LogP) is 0.999. The van der Waals surface area contributed by atoms with Gasteiger partial charge in [0.25, 0.3) is 5.91 Å². The number of pyridine rings is 1. The molecule has 0 spiro atoms. The number of nitrogens with two attached hydrogens (primary N) is 1. The van der Waals surface area contributed by atoms with Gasteiger partial charge in [0.2, 0.25) is 0 Å². The second-order valence-electron chi connectivity index (χ2n) is 3.72.